The van der Waals surface area contributed by atoms with Crippen molar-refractivity contribution in [2.24, 2.45) is 0 Å². The normalized spacial score (nSPS) is 19.8. The molecule has 1 amide bonds. The van der Waals surface area contributed by atoms with Crippen LogP contribution in [0.5, 0.6) is 0 Å². The van der Waals surface area contributed by atoms with Crippen molar-refractivity contribution in [3.63, 3.8) is 0 Å². The molecule has 0 saturated carbocycles. The van der Waals surface area contributed by atoms with Crippen molar-refractivity contribution in [3.8, 4) is 11.1 Å². The Morgan fingerprint density at radius 1 is 1.11 bits per heavy atom. The van der Waals surface area contributed by atoms with Gasteiger partial charge in [0, 0.05) is 31.3 Å². The van der Waals surface area contributed by atoms with Crippen molar-refractivity contribution in [1.29, 1.82) is 0 Å². The molecule has 2 unspecified atom stereocenters. The van der Waals surface area contributed by atoms with Gasteiger partial charge in [-0.3, -0.25) is 14.5 Å². The number of carbonyl (C=O) groups is 2. The van der Waals surface area contributed by atoms with Gasteiger partial charge in [0.1, 0.15) is 0 Å². The maximum Gasteiger partial charge on any atom is 0.251 e. The van der Waals surface area contributed by atoms with Gasteiger partial charge in [-0.2, -0.15) is 0 Å². The summed E-state index contributed by atoms with van der Waals surface area (Å²) in [5, 5.41) is 3.09. The van der Waals surface area contributed by atoms with E-state index in [1.165, 1.54) is 0 Å². The summed E-state index contributed by atoms with van der Waals surface area (Å²) in [5.41, 5.74) is 3.09. The zero-order valence-corrected chi connectivity index (χ0v) is 16.1. The van der Waals surface area contributed by atoms with Crippen LogP contribution >= 0.6 is 0 Å². The lowest BCUT2D eigenvalue weighted by molar-refractivity contribution is 0.0762. The van der Waals surface area contributed by atoms with E-state index in [0.29, 0.717) is 11.1 Å². The van der Waals surface area contributed by atoms with Crippen molar-refractivity contribution >= 4 is 11.7 Å². The zero-order chi connectivity index (χ0) is 19.4. The number of carbonyl (C=O) groups excluding carboxylic acids is 2. The lowest BCUT2D eigenvalue weighted by Gasteiger charge is -2.18. The molecule has 27 heavy (non-hydrogen) atoms. The second-order valence-corrected chi connectivity index (χ2v) is 6.89. The molecule has 0 spiro atoms. The first kappa shape index (κ1) is 19.3. The number of nitrogens with one attached hydrogen (secondary N) is 1. The molecule has 2 atom stereocenters. The highest BCUT2D eigenvalue weighted by Crippen LogP contribution is 2.24. The number of rotatable bonds is 6. The Morgan fingerprint density at radius 2 is 1.81 bits per heavy atom. The summed E-state index contributed by atoms with van der Waals surface area (Å²) in [6, 6.07) is 14.9. The molecule has 0 radical (unpaired) electrons. The zero-order valence-electron chi connectivity index (χ0n) is 16.1. The van der Waals surface area contributed by atoms with E-state index in [1.807, 2.05) is 36.4 Å². The van der Waals surface area contributed by atoms with Crippen LogP contribution in [0.4, 0.5) is 0 Å². The number of amides is 1. The fourth-order valence-corrected chi connectivity index (χ4v) is 3.58. The third kappa shape index (κ3) is 4.26. The average molecular weight is 366 g/mol. The highest BCUT2D eigenvalue weighted by Gasteiger charge is 2.33. The van der Waals surface area contributed by atoms with Crippen LogP contribution < -0.4 is 5.32 Å². The van der Waals surface area contributed by atoms with Crippen LogP contribution in [0, 0.1) is 0 Å². The van der Waals surface area contributed by atoms with Gasteiger partial charge < -0.3 is 10.1 Å². The van der Waals surface area contributed by atoms with Crippen LogP contribution in [0.25, 0.3) is 11.1 Å². The van der Waals surface area contributed by atoms with E-state index in [4.69, 9.17) is 4.74 Å². The fraction of sp³-hybridized carbons (Fsp3) is 0.364. The van der Waals surface area contributed by atoms with Crippen LogP contribution in [-0.2, 0) is 4.74 Å². The predicted octanol–water partition coefficient (Wildman–Crippen LogP) is 3.01. The van der Waals surface area contributed by atoms with Crippen LogP contribution in [0.1, 0.15) is 34.6 Å². The maximum absolute atomic E-state index is 12.6. The minimum Gasteiger partial charge on any atom is -0.378 e. The molecule has 5 heteroatoms. The third-order valence-corrected chi connectivity index (χ3v) is 5.17. The molecule has 1 aliphatic rings. The van der Waals surface area contributed by atoms with Gasteiger partial charge in [-0.1, -0.05) is 43.3 Å². The molecule has 3 rings (SSSR count). The molecule has 2 aromatic carbocycles. The predicted molar refractivity (Wildman–Crippen MR) is 106 cm³/mol. The molecule has 142 valence electrons. The third-order valence-electron chi connectivity index (χ3n) is 5.17. The van der Waals surface area contributed by atoms with Gasteiger partial charge in [0.15, 0.2) is 5.78 Å². The maximum atomic E-state index is 12.6. The standard InChI is InChI=1S/C22H26N2O3/c1-4-24-13-20(21(14-24)27-3)23-22(26)17-11-9-16(10-12-17)19-8-6-5-7-18(19)15(2)25/h5-12,20-21H,4,13-14H2,1-3H3,(H,23,26). The number of ketones is 1. The number of hydrogen-bond donors (Lipinski definition) is 1. The smallest absolute Gasteiger partial charge is 0.251 e. The van der Waals surface area contributed by atoms with E-state index in [2.05, 4.69) is 17.1 Å². The van der Waals surface area contributed by atoms with Crippen LogP contribution in [0.15, 0.2) is 48.5 Å². The largest absolute Gasteiger partial charge is 0.378 e. The number of likely N-dealkylation sites (tertiary alicyclic amines) is 1. The number of benzene rings is 2. The Morgan fingerprint density at radius 3 is 2.44 bits per heavy atom. The van der Waals surface area contributed by atoms with E-state index in [9.17, 15) is 9.59 Å². The van der Waals surface area contributed by atoms with Crippen molar-refractivity contribution in [2.45, 2.75) is 26.0 Å². The van der Waals surface area contributed by atoms with Gasteiger partial charge in [-0.05, 0) is 36.7 Å². The molecular formula is C22H26N2O3. The van der Waals surface area contributed by atoms with E-state index < -0.39 is 0 Å². The summed E-state index contributed by atoms with van der Waals surface area (Å²) in [5.74, 6) is -0.0776. The molecule has 0 aromatic heterocycles. The van der Waals surface area contributed by atoms with Crippen LogP contribution in [0.3, 0.4) is 0 Å². The number of hydrogen-bond acceptors (Lipinski definition) is 4. The Balaban J connectivity index is 1.74. The Labute approximate surface area is 160 Å². The number of Topliss-reactive ketones (excluding diaryl/α,β-unsaturated/α-hetero) is 1. The first-order valence-corrected chi connectivity index (χ1v) is 9.30. The fourth-order valence-electron chi connectivity index (χ4n) is 3.58. The molecule has 5 nitrogen and oxygen atoms in total. The molecule has 0 aliphatic carbocycles. The Hall–Kier alpha value is -2.50. The highest BCUT2D eigenvalue weighted by molar-refractivity contribution is 6.01. The molecule has 1 N–H and O–H groups in total. The summed E-state index contributed by atoms with van der Waals surface area (Å²) in [4.78, 5) is 26.7. The van der Waals surface area contributed by atoms with Crippen molar-refractivity contribution in [3.05, 3.63) is 59.7 Å². The van der Waals surface area contributed by atoms with Crippen molar-refractivity contribution in [2.75, 3.05) is 26.7 Å². The van der Waals surface area contributed by atoms with Gasteiger partial charge in [0.25, 0.3) is 5.91 Å². The number of likely N-dealkylation sites (N-methyl/N-ethyl adjacent to an activating group) is 1. The van der Waals surface area contributed by atoms with Gasteiger partial charge >= 0.3 is 0 Å². The quantitative estimate of drug-likeness (QED) is 0.799. The van der Waals surface area contributed by atoms with Gasteiger partial charge in [-0.15, -0.1) is 0 Å². The summed E-state index contributed by atoms with van der Waals surface area (Å²) < 4.78 is 5.52. The lowest BCUT2D eigenvalue weighted by atomic mass is 9.96. The van der Waals surface area contributed by atoms with Gasteiger partial charge in [0.05, 0.1) is 12.1 Å². The molecule has 0 bridgehead atoms. The van der Waals surface area contributed by atoms with E-state index in [1.54, 1.807) is 26.2 Å². The molecule has 1 saturated heterocycles. The number of methoxy groups -OCH3 is 1. The summed E-state index contributed by atoms with van der Waals surface area (Å²) in [6.07, 6.45) is 0.00983. The highest BCUT2D eigenvalue weighted by atomic mass is 16.5. The van der Waals surface area contributed by atoms with Gasteiger partial charge in [-0.25, -0.2) is 0 Å². The van der Waals surface area contributed by atoms with Crippen molar-refractivity contribution in [1.82, 2.24) is 10.2 Å². The first-order valence-electron chi connectivity index (χ1n) is 9.30. The topological polar surface area (TPSA) is 58.6 Å². The monoisotopic (exact) mass is 366 g/mol. The second kappa shape index (κ2) is 8.46. The molecule has 1 aliphatic heterocycles. The van der Waals surface area contributed by atoms with Crippen LogP contribution in [-0.4, -0.2) is 55.5 Å². The Bertz CT molecular complexity index is 817. The minimum atomic E-state index is -0.105. The number of nitrogens with zero attached hydrogens (tertiary/aromatic N) is 1. The first-order chi connectivity index (χ1) is 13.0. The minimum absolute atomic E-state index is 0.00983. The Kier molecular flexibility index (Phi) is 6.04. The SMILES string of the molecule is CCN1CC(NC(=O)c2ccc(-c3ccccc3C(C)=O)cc2)C(OC)C1. The summed E-state index contributed by atoms with van der Waals surface area (Å²) >= 11 is 0. The second-order valence-electron chi connectivity index (χ2n) is 6.89. The molecular weight excluding hydrogens is 340 g/mol. The van der Waals surface area contributed by atoms with Crippen LogP contribution in [0.2, 0.25) is 0 Å². The van der Waals surface area contributed by atoms with E-state index in [0.717, 1.165) is 30.8 Å². The summed E-state index contributed by atoms with van der Waals surface area (Å²) in [6.45, 7) is 6.24. The van der Waals surface area contributed by atoms with Crippen molar-refractivity contribution < 1.29 is 14.3 Å². The van der Waals surface area contributed by atoms with Gasteiger partial charge in [0.2, 0.25) is 0 Å². The molecule has 2 aromatic rings. The molecule has 1 fully saturated rings. The number of ether oxygens (including phenoxy) is 1. The van der Waals surface area contributed by atoms with E-state index >= 15 is 0 Å². The van der Waals surface area contributed by atoms with E-state index in [-0.39, 0.29) is 23.8 Å². The lowest BCUT2D eigenvalue weighted by Crippen LogP contribution is -2.43. The average Bonchev–Trinajstić information content (AvgIpc) is 3.10. The molecule has 1 heterocycles. The summed E-state index contributed by atoms with van der Waals surface area (Å²) in [7, 11) is 1.68.